The summed E-state index contributed by atoms with van der Waals surface area (Å²) in [5.41, 5.74) is -0.0670. The fraction of sp³-hybridized carbons (Fsp3) is 0.538. The van der Waals surface area contributed by atoms with E-state index in [2.05, 4.69) is 15.0 Å². The van der Waals surface area contributed by atoms with Gasteiger partial charge < -0.3 is 10.1 Å². The largest absolute Gasteiger partial charge is 0.464 e. The van der Waals surface area contributed by atoms with Crippen molar-refractivity contribution < 1.29 is 14.5 Å². The van der Waals surface area contributed by atoms with Crippen molar-refractivity contribution in [1.29, 1.82) is 0 Å². The Morgan fingerprint density at radius 2 is 2.20 bits per heavy atom. The molecule has 1 heterocycles. The van der Waals surface area contributed by atoms with E-state index in [0.29, 0.717) is 12.5 Å². The molecule has 0 aromatic carbocycles. The summed E-state index contributed by atoms with van der Waals surface area (Å²) in [5, 5.41) is 14.0. The van der Waals surface area contributed by atoms with Crippen molar-refractivity contribution >= 4 is 17.5 Å². The molecule has 0 bridgehead atoms. The highest BCUT2D eigenvalue weighted by atomic mass is 16.6. The first kappa shape index (κ1) is 14.2. The van der Waals surface area contributed by atoms with Gasteiger partial charge >= 0.3 is 11.7 Å². The minimum absolute atomic E-state index is 0.0621. The van der Waals surface area contributed by atoms with Crippen molar-refractivity contribution in [2.24, 2.45) is 5.92 Å². The first-order valence-corrected chi connectivity index (χ1v) is 6.59. The molecule has 0 saturated heterocycles. The van der Waals surface area contributed by atoms with Crippen LogP contribution in [0.1, 0.15) is 36.2 Å². The Labute approximate surface area is 116 Å². The summed E-state index contributed by atoms with van der Waals surface area (Å²) in [5.74, 6) is 0.0341. The van der Waals surface area contributed by atoms with Crippen LogP contribution in [-0.4, -0.2) is 29.5 Å². The van der Waals surface area contributed by atoms with Gasteiger partial charge in [0.2, 0.25) is 5.82 Å². The minimum Gasteiger partial charge on any atom is -0.464 e. The molecule has 1 aromatic heterocycles. The molecule has 0 aliphatic heterocycles. The molecule has 7 heteroatoms. The van der Waals surface area contributed by atoms with Crippen molar-refractivity contribution in [1.82, 2.24) is 4.98 Å². The second-order valence-corrected chi connectivity index (χ2v) is 4.84. The van der Waals surface area contributed by atoms with Crippen LogP contribution in [0.2, 0.25) is 0 Å². The highest BCUT2D eigenvalue weighted by Gasteiger charge is 2.21. The Bertz CT molecular complexity index is 512. The van der Waals surface area contributed by atoms with E-state index in [-0.39, 0.29) is 17.2 Å². The Kier molecular flexibility index (Phi) is 4.49. The zero-order valence-corrected chi connectivity index (χ0v) is 11.3. The van der Waals surface area contributed by atoms with Gasteiger partial charge in [-0.1, -0.05) is 12.8 Å². The van der Waals surface area contributed by atoms with Crippen LogP contribution in [0.3, 0.4) is 0 Å². The molecule has 108 valence electrons. The number of nitrogens with one attached hydrogen (secondary N) is 1. The lowest BCUT2D eigenvalue weighted by atomic mass is 10.1. The van der Waals surface area contributed by atoms with Gasteiger partial charge in [-0.3, -0.25) is 10.1 Å². The van der Waals surface area contributed by atoms with Crippen molar-refractivity contribution in [3.63, 3.8) is 0 Å². The Morgan fingerprint density at radius 1 is 1.50 bits per heavy atom. The van der Waals surface area contributed by atoms with Gasteiger partial charge in [0.25, 0.3) is 0 Å². The molecule has 0 unspecified atom stereocenters. The number of hydrogen-bond acceptors (Lipinski definition) is 6. The number of carbonyl (C=O) groups is 1. The SMILES string of the molecule is COC(=O)c1ccc([N+](=O)[O-])c(NCC2CCCC2)n1. The summed E-state index contributed by atoms with van der Waals surface area (Å²) in [6.07, 6.45) is 4.64. The number of pyridine rings is 1. The van der Waals surface area contributed by atoms with Crippen LogP contribution in [0.5, 0.6) is 0 Å². The molecule has 1 N–H and O–H groups in total. The number of anilines is 1. The fourth-order valence-electron chi connectivity index (χ4n) is 2.40. The second-order valence-electron chi connectivity index (χ2n) is 4.84. The highest BCUT2D eigenvalue weighted by molar-refractivity contribution is 5.88. The highest BCUT2D eigenvalue weighted by Crippen LogP contribution is 2.27. The van der Waals surface area contributed by atoms with E-state index in [1.807, 2.05) is 0 Å². The first-order valence-electron chi connectivity index (χ1n) is 6.59. The average Bonchev–Trinajstić information content (AvgIpc) is 2.97. The molecule has 1 saturated carbocycles. The Balaban J connectivity index is 2.17. The monoisotopic (exact) mass is 279 g/mol. The summed E-state index contributed by atoms with van der Waals surface area (Å²) in [7, 11) is 1.25. The number of carbonyl (C=O) groups excluding carboxylic acids is 1. The van der Waals surface area contributed by atoms with Crippen LogP contribution in [0.25, 0.3) is 0 Å². The van der Waals surface area contributed by atoms with Gasteiger partial charge in [-0.15, -0.1) is 0 Å². The predicted octanol–water partition coefficient (Wildman–Crippen LogP) is 2.38. The molecule has 0 radical (unpaired) electrons. The molecule has 1 aliphatic rings. The molecule has 1 aromatic rings. The number of methoxy groups -OCH3 is 1. The molecule has 1 fully saturated rings. The van der Waals surface area contributed by atoms with Gasteiger partial charge in [0, 0.05) is 12.6 Å². The summed E-state index contributed by atoms with van der Waals surface area (Å²) < 4.78 is 4.57. The van der Waals surface area contributed by atoms with Crippen LogP contribution in [0.15, 0.2) is 12.1 Å². The zero-order chi connectivity index (χ0) is 14.5. The maximum atomic E-state index is 11.4. The van der Waals surface area contributed by atoms with Crippen molar-refractivity contribution in [3.05, 3.63) is 27.9 Å². The lowest BCUT2D eigenvalue weighted by molar-refractivity contribution is -0.384. The molecular formula is C13H17N3O4. The van der Waals surface area contributed by atoms with Crippen LogP contribution >= 0.6 is 0 Å². The quantitative estimate of drug-likeness (QED) is 0.505. The summed E-state index contributed by atoms with van der Waals surface area (Å²) in [4.78, 5) is 25.9. The van der Waals surface area contributed by atoms with E-state index in [9.17, 15) is 14.9 Å². The maximum Gasteiger partial charge on any atom is 0.356 e. The fourth-order valence-corrected chi connectivity index (χ4v) is 2.40. The molecule has 20 heavy (non-hydrogen) atoms. The van der Waals surface area contributed by atoms with Crippen molar-refractivity contribution in [2.45, 2.75) is 25.7 Å². The van der Waals surface area contributed by atoms with Crippen LogP contribution in [-0.2, 0) is 4.74 Å². The zero-order valence-electron chi connectivity index (χ0n) is 11.3. The Morgan fingerprint density at radius 3 is 2.80 bits per heavy atom. The lowest BCUT2D eigenvalue weighted by Crippen LogP contribution is -2.15. The van der Waals surface area contributed by atoms with Gasteiger partial charge in [-0.2, -0.15) is 0 Å². The third kappa shape index (κ3) is 3.23. The van der Waals surface area contributed by atoms with Gasteiger partial charge in [-0.25, -0.2) is 9.78 Å². The minimum atomic E-state index is -0.608. The topological polar surface area (TPSA) is 94.4 Å². The molecule has 0 amide bonds. The Hall–Kier alpha value is -2.18. The maximum absolute atomic E-state index is 11.4. The predicted molar refractivity (Wildman–Crippen MR) is 72.7 cm³/mol. The van der Waals surface area contributed by atoms with Gasteiger partial charge in [0.15, 0.2) is 5.69 Å². The molecule has 0 atom stereocenters. The molecule has 2 rings (SSSR count). The van der Waals surface area contributed by atoms with E-state index in [1.54, 1.807) is 0 Å². The molecular weight excluding hydrogens is 262 g/mol. The number of rotatable bonds is 5. The smallest absolute Gasteiger partial charge is 0.356 e. The van der Waals surface area contributed by atoms with E-state index >= 15 is 0 Å². The normalized spacial score (nSPS) is 15.1. The van der Waals surface area contributed by atoms with Crippen LogP contribution < -0.4 is 5.32 Å². The molecule has 1 aliphatic carbocycles. The standard InChI is InChI=1S/C13H17N3O4/c1-20-13(17)10-6-7-11(16(18)19)12(15-10)14-8-9-4-2-3-5-9/h6-7,9H,2-5,8H2,1H3,(H,14,15). The third-order valence-electron chi connectivity index (χ3n) is 3.50. The number of esters is 1. The second kappa shape index (κ2) is 6.31. The number of nitro groups is 1. The van der Waals surface area contributed by atoms with Crippen LogP contribution in [0, 0.1) is 16.0 Å². The average molecular weight is 279 g/mol. The summed E-state index contributed by atoms with van der Waals surface area (Å²) in [6.45, 7) is 0.637. The molecule has 0 spiro atoms. The summed E-state index contributed by atoms with van der Waals surface area (Å²) >= 11 is 0. The first-order chi connectivity index (χ1) is 9.61. The third-order valence-corrected chi connectivity index (χ3v) is 3.50. The van der Waals surface area contributed by atoms with E-state index in [1.165, 1.54) is 32.1 Å². The lowest BCUT2D eigenvalue weighted by Gasteiger charge is -2.11. The number of ether oxygens (including phenoxy) is 1. The summed E-state index contributed by atoms with van der Waals surface area (Å²) in [6, 6.07) is 2.57. The van der Waals surface area contributed by atoms with Gasteiger partial charge in [0.1, 0.15) is 0 Å². The van der Waals surface area contributed by atoms with E-state index < -0.39 is 10.9 Å². The van der Waals surface area contributed by atoms with Crippen molar-refractivity contribution in [3.8, 4) is 0 Å². The van der Waals surface area contributed by atoms with Crippen LogP contribution in [0.4, 0.5) is 11.5 Å². The van der Waals surface area contributed by atoms with Crippen molar-refractivity contribution in [2.75, 3.05) is 19.0 Å². The number of hydrogen-bond donors (Lipinski definition) is 1. The van der Waals surface area contributed by atoms with Gasteiger partial charge in [-0.05, 0) is 24.8 Å². The van der Waals surface area contributed by atoms with E-state index in [0.717, 1.165) is 12.8 Å². The van der Waals surface area contributed by atoms with Gasteiger partial charge in [0.05, 0.1) is 12.0 Å². The van der Waals surface area contributed by atoms with E-state index in [4.69, 9.17) is 0 Å². The number of aromatic nitrogens is 1. The molecule has 7 nitrogen and oxygen atoms in total. The number of nitrogens with zero attached hydrogens (tertiary/aromatic N) is 2.